The van der Waals surface area contributed by atoms with Gasteiger partial charge in [0.1, 0.15) is 0 Å². The zero-order valence-corrected chi connectivity index (χ0v) is 13.1. The summed E-state index contributed by atoms with van der Waals surface area (Å²) in [6.45, 7) is 1.49. The Morgan fingerprint density at radius 1 is 1.05 bits per heavy atom. The van der Waals surface area contributed by atoms with Crippen molar-refractivity contribution in [2.24, 2.45) is 0 Å². The van der Waals surface area contributed by atoms with Crippen LogP contribution in [0.3, 0.4) is 0 Å². The number of benzene rings is 2. The monoisotopic (exact) mass is 355 g/mol. The molecule has 2 aromatic rings. The number of hydrogen-bond donors (Lipinski definition) is 2. The lowest BCUT2D eigenvalue weighted by Crippen LogP contribution is -2.12. The summed E-state index contributed by atoms with van der Waals surface area (Å²) in [5, 5.41) is 12.1. The van der Waals surface area contributed by atoms with Crippen molar-refractivity contribution in [3.05, 3.63) is 69.7 Å². The lowest BCUT2D eigenvalue weighted by molar-refractivity contribution is 0.0697. The molecule has 0 aliphatic carbocycles. The van der Waals surface area contributed by atoms with E-state index in [9.17, 15) is 4.79 Å². The number of carbonyl (C=O) groups is 1. The zero-order chi connectivity index (χ0) is 13.7. The summed E-state index contributed by atoms with van der Waals surface area (Å²) in [4.78, 5) is 10.7. The molecule has 0 saturated carbocycles. The highest BCUT2D eigenvalue weighted by Gasteiger charge is 2.01. The van der Waals surface area contributed by atoms with Gasteiger partial charge in [-0.05, 0) is 35.4 Å². The molecule has 5 heteroatoms. The van der Waals surface area contributed by atoms with Crippen LogP contribution in [-0.2, 0) is 13.1 Å². The summed E-state index contributed by atoms with van der Waals surface area (Å²) in [7, 11) is 0. The first kappa shape index (κ1) is 16.7. The van der Waals surface area contributed by atoms with Gasteiger partial charge in [0.2, 0.25) is 0 Å². The fourth-order valence-electron chi connectivity index (χ4n) is 1.76. The SMILES string of the molecule is Cl.O=C(O)c1ccc(CNCc2cccc(Br)c2)cc1. The largest absolute Gasteiger partial charge is 0.478 e. The molecule has 0 amide bonds. The van der Waals surface area contributed by atoms with Gasteiger partial charge in [0, 0.05) is 17.6 Å². The van der Waals surface area contributed by atoms with E-state index in [0.717, 1.165) is 16.6 Å². The molecule has 0 aliphatic rings. The quantitative estimate of drug-likeness (QED) is 0.855. The molecule has 0 unspecified atom stereocenters. The number of nitrogens with one attached hydrogen (secondary N) is 1. The number of halogens is 2. The third kappa shape index (κ3) is 4.96. The van der Waals surface area contributed by atoms with Crippen molar-refractivity contribution in [1.29, 1.82) is 0 Å². The Kier molecular flexibility index (Phi) is 6.71. The lowest BCUT2D eigenvalue weighted by atomic mass is 10.1. The van der Waals surface area contributed by atoms with Crippen molar-refractivity contribution in [3.63, 3.8) is 0 Å². The van der Waals surface area contributed by atoms with E-state index >= 15 is 0 Å². The Morgan fingerprint density at radius 2 is 1.70 bits per heavy atom. The maximum Gasteiger partial charge on any atom is 0.335 e. The number of carboxylic acids is 1. The number of hydrogen-bond acceptors (Lipinski definition) is 2. The predicted molar refractivity (Wildman–Crippen MR) is 85.3 cm³/mol. The van der Waals surface area contributed by atoms with Gasteiger partial charge in [-0.1, -0.05) is 40.2 Å². The predicted octanol–water partition coefficient (Wildman–Crippen LogP) is 3.86. The van der Waals surface area contributed by atoms with E-state index in [-0.39, 0.29) is 12.4 Å². The summed E-state index contributed by atoms with van der Waals surface area (Å²) < 4.78 is 1.07. The molecule has 2 rings (SSSR count). The van der Waals surface area contributed by atoms with E-state index in [4.69, 9.17) is 5.11 Å². The lowest BCUT2D eigenvalue weighted by Gasteiger charge is -2.06. The first-order valence-corrected chi connectivity index (χ1v) is 6.72. The Bertz CT molecular complexity index is 572. The highest BCUT2D eigenvalue weighted by molar-refractivity contribution is 9.10. The molecule has 2 N–H and O–H groups in total. The van der Waals surface area contributed by atoms with Crippen LogP contribution in [-0.4, -0.2) is 11.1 Å². The van der Waals surface area contributed by atoms with Gasteiger partial charge in [-0.25, -0.2) is 4.79 Å². The molecular formula is C15H15BrClNO2. The van der Waals surface area contributed by atoms with Crippen molar-refractivity contribution < 1.29 is 9.90 Å². The first-order chi connectivity index (χ1) is 9.15. The average Bonchev–Trinajstić information content (AvgIpc) is 2.39. The normalized spacial score (nSPS) is 9.85. The Morgan fingerprint density at radius 3 is 2.30 bits per heavy atom. The molecule has 0 aromatic heterocycles. The molecule has 0 fully saturated rings. The maximum atomic E-state index is 10.7. The Labute approximate surface area is 132 Å². The van der Waals surface area contributed by atoms with Gasteiger partial charge < -0.3 is 10.4 Å². The van der Waals surface area contributed by atoms with E-state index in [1.165, 1.54) is 5.56 Å². The minimum atomic E-state index is -0.895. The van der Waals surface area contributed by atoms with Crippen LogP contribution < -0.4 is 5.32 Å². The number of aromatic carboxylic acids is 1. The molecule has 0 atom stereocenters. The molecule has 20 heavy (non-hydrogen) atoms. The van der Waals surface area contributed by atoms with Gasteiger partial charge in [0.25, 0.3) is 0 Å². The highest BCUT2D eigenvalue weighted by Crippen LogP contribution is 2.11. The second-order valence-electron chi connectivity index (χ2n) is 4.24. The van der Waals surface area contributed by atoms with Crippen LogP contribution in [0.1, 0.15) is 21.5 Å². The van der Waals surface area contributed by atoms with E-state index in [1.807, 2.05) is 24.3 Å². The molecule has 0 aliphatic heterocycles. The van der Waals surface area contributed by atoms with Gasteiger partial charge in [0.05, 0.1) is 5.56 Å². The van der Waals surface area contributed by atoms with Gasteiger partial charge in [-0.3, -0.25) is 0 Å². The van der Waals surface area contributed by atoms with Crippen LogP contribution in [0.2, 0.25) is 0 Å². The van der Waals surface area contributed by atoms with Crippen molar-refractivity contribution >= 4 is 34.3 Å². The molecular weight excluding hydrogens is 342 g/mol. The standard InChI is InChI=1S/C15H14BrNO2.ClH/c16-14-3-1-2-12(8-14)10-17-9-11-4-6-13(7-5-11)15(18)19;/h1-8,17H,9-10H2,(H,18,19);1H. The highest BCUT2D eigenvalue weighted by atomic mass is 79.9. The zero-order valence-electron chi connectivity index (χ0n) is 10.7. The van der Waals surface area contributed by atoms with Crippen LogP contribution in [0.25, 0.3) is 0 Å². The van der Waals surface area contributed by atoms with E-state index in [1.54, 1.807) is 12.1 Å². The van der Waals surface area contributed by atoms with Crippen molar-refractivity contribution in [2.75, 3.05) is 0 Å². The molecule has 0 heterocycles. The summed E-state index contributed by atoms with van der Waals surface area (Å²) in [5.41, 5.74) is 2.59. The van der Waals surface area contributed by atoms with Crippen molar-refractivity contribution in [1.82, 2.24) is 5.32 Å². The summed E-state index contributed by atoms with van der Waals surface area (Å²) in [5.74, 6) is -0.895. The van der Waals surface area contributed by atoms with Gasteiger partial charge in [-0.15, -0.1) is 12.4 Å². The minimum absolute atomic E-state index is 0. The smallest absolute Gasteiger partial charge is 0.335 e. The maximum absolute atomic E-state index is 10.7. The average molecular weight is 357 g/mol. The fourth-order valence-corrected chi connectivity index (χ4v) is 2.21. The molecule has 0 radical (unpaired) electrons. The minimum Gasteiger partial charge on any atom is -0.478 e. The van der Waals surface area contributed by atoms with E-state index in [2.05, 4.69) is 33.4 Å². The second-order valence-corrected chi connectivity index (χ2v) is 5.15. The summed E-state index contributed by atoms with van der Waals surface area (Å²) in [6, 6.07) is 15.0. The fraction of sp³-hybridized carbons (Fsp3) is 0.133. The first-order valence-electron chi connectivity index (χ1n) is 5.92. The third-order valence-corrected chi connectivity index (χ3v) is 3.24. The van der Waals surface area contributed by atoms with Crippen molar-refractivity contribution in [3.8, 4) is 0 Å². The van der Waals surface area contributed by atoms with Gasteiger partial charge >= 0.3 is 5.97 Å². The van der Waals surface area contributed by atoms with Crippen LogP contribution >= 0.6 is 28.3 Å². The number of rotatable bonds is 5. The molecule has 106 valence electrons. The summed E-state index contributed by atoms with van der Waals surface area (Å²) in [6.07, 6.45) is 0. The topological polar surface area (TPSA) is 49.3 Å². The molecule has 3 nitrogen and oxygen atoms in total. The number of carboxylic acid groups (broad SMARTS) is 1. The second kappa shape index (κ2) is 8.04. The van der Waals surface area contributed by atoms with E-state index < -0.39 is 5.97 Å². The van der Waals surface area contributed by atoms with Crippen LogP contribution in [0.4, 0.5) is 0 Å². The van der Waals surface area contributed by atoms with Crippen LogP contribution in [0.15, 0.2) is 53.0 Å². The van der Waals surface area contributed by atoms with Gasteiger partial charge in [-0.2, -0.15) is 0 Å². The van der Waals surface area contributed by atoms with Crippen LogP contribution in [0.5, 0.6) is 0 Å². The van der Waals surface area contributed by atoms with Gasteiger partial charge in [0.15, 0.2) is 0 Å². The molecule has 0 bridgehead atoms. The Hall–Kier alpha value is -1.36. The molecule has 2 aromatic carbocycles. The Balaban J connectivity index is 0.00000200. The molecule has 0 saturated heterocycles. The third-order valence-electron chi connectivity index (χ3n) is 2.75. The summed E-state index contributed by atoms with van der Waals surface area (Å²) >= 11 is 3.44. The van der Waals surface area contributed by atoms with E-state index in [0.29, 0.717) is 12.1 Å². The molecule has 0 spiro atoms. The van der Waals surface area contributed by atoms with Crippen molar-refractivity contribution in [2.45, 2.75) is 13.1 Å². The van der Waals surface area contributed by atoms with Crippen LogP contribution in [0, 0.1) is 0 Å².